The normalized spacial score (nSPS) is 26.2. The van der Waals surface area contributed by atoms with E-state index in [0.717, 1.165) is 12.8 Å². The summed E-state index contributed by atoms with van der Waals surface area (Å²) < 4.78 is 30.6. The highest BCUT2D eigenvalue weighted by Gasteiger charge is 2.28. The second-order valence-corrected chi connectivity index (χ2v) is 7.55. The molecule has 0 amide bonds. The first-order valence-corrected chi connectivity index (χ1v) is 8.38. The molecule has 0 saturated heterocycles. The standard InChI is InChI=1S/C12H26N2O3S/c1-12(2,14-18(4,15)16)9-13-10-7-5-6-8-11(10)17-3/h10-11,13-14H,5-9H2,1-4H3. The monoisotopic (exact) mass is 278 g/mol. The summed E-state index contributed by atoms with van der Waals surface area (Å²) in [4.78, 5) is 0. The van der Waals surface area contributed by atoms with Gasteiger partial charge in [-0.2, -0.15) is 0 Å². The maximum Gasteiger partial charge on any atom is 0.209 e. The van der Waals surface area contributed by atoms with Crippen LogP contribution in [-0.2, 0) is 14.8 Å². The van der Waals surface area contributed by atoms with Gasteiger partial charge in [-0.05, 0) is 26.7 Å². The number of sulfonamides is 1. The molecule has 2 unspecified atom stereocenters. The summed E-state index contributed by atoms with van der Waals surface area (Å²) in [6.45, 7) is 4.36. The second kappa shape index (κ2) is 6.32. The van der Waals surface area contributed by atoms with Crippen LogP contribution in [0, 0.1) is 0 Å². The van der Waals surface area contributed by atoms with Gasteiger partial charge in [0, 0.05) is 25.2 Å². The summed E-state index contributed by atoms with van der Waals surface area (Å²) in [5.74, 6) is 0. The van der Waals surface area contributed by atoms with Crippen molar-refractivity contribution >= 4 is 10.0 Å². The van der Waals surface area contributed by atoms with Gasteiger partial charge in [-0.25, -0.2) is 13.1 Å². The van der Waals surface area contributed by atoms with Crippen molar-refractivity contribution in [3.05, 3.63) is 0 Å². The minimum atomic E-state index is -3.18. The fraction of sp³-hybridized carbons (Fsp3) is 1.00. The lowest BCUT2D eigenvalue weighted by Crippen LogP contribution is -2.54. The van der Waals surface area contributed by atoms with E-state index in [-0.39, 0.29) is 6.10 Å². The Balaban J connectivity index is 2.47. The highest BCUT2D eigenvalue weighted by atomic mass is 32.2. The fourth-order valence-electron chi connectivity index (χ4n) is 2.54. The van der Waals surface area contributed by atoms with Crippen LogP contribution in [0.4, 0.5) is 0 Å². The minimum absolute atomic E-state index is 0.243. The van der Waals surface area contributed by atoms with E-state index in [1.165, 1.54) is 19.1 Å². The van der Waals surface area contributed by atoms with Gasteiger partial charge in [0.05, 0.1) is 12.4 Å². The first-order valence-electron chi connectivity index (χ1n) is 6.49. The zero-order valence-corrected chi connectivity index (χ0v) is 12.6. The van der Waals surface area contributed by atoms with Crippen molar-refractivity contribution in [2.45, 2.75) is 57.2 Å². The van der Waals surface area contributed by atoms with E-state index in [4.69, 9.17) is 4.74 Å². The Kier molecular flexibility index (Phi) is 5.58. The smallest absolute Gasteiger partial charge is 0.209 e. The highest BCUT2D eigenvalue weighted by molar-refractivity contribution is 7.88. The molecule has 1 saturated carbocycles. The zero-order valence-electron chi connectivity index (χ0n) is 11.8. The Morgan fingerprint density at radius 2 is 1.89 bits per heavy atom. The van der Waals surface area contributed by atoms with Crippen LogP contribution in [0.2, 0.25) is 0 Å². The largest absolute Gasteiger partial charge is 0.380 e. The lowest BCUT2D eigenvalue weighted by atomic mass is 9.91. The van der Waals surface area contributed by atoms with Crippen LogP contribution >= 0.6 is 0 Å². The van der Waals surface area contributed by atoms with Crippen molar-refractivity contribution in [1.29, 1.82) is 0 Å². The molecule has 0 aliphatic heterocycles. The first-order chi connectivity index (χ1) is 8.23. The lowest BCUT2D eigenvalue weighted by Gasteiger charge is -2.34. The summed E-state index contributed by atoms with van der Waals surface area (Å²) in [6.07, 6.45) is 6.02. The molecule has 1 fully saturated rings. The molecule has 0 heterocycles. The summed E-state index contributed by atoms with van der Waals surface area (Å²) in [7, 11) is -1.43. The molecule has 0 aromatic carbocycles. The van der Waals surface area contributed by atoms with Gasteiger partial charge in [-0.1, -0.05) is 12.8 Å². The second-order valence-electron chi connectivity index (χ2n) is 5.80. The Morgan fingerprint density at radius 3 is 2.44 bits per heavy atom. The van der Waals surface area contributed by atoms with Crippen LogP contribution in [0.25, 0.3) is 0 Å². The van der Waals surface area contributed by atoms with E-state index in [9.17, 15) is 8.42 Å². The van der Waals surface area contributed by atoms with Gasteiger partial charge in [0.1, 0.15) is 0 Å². The van der Waals surface area contributed by atoms with Crippen molar-refractivity contribution in [2.24, 2.45) is 0 Å². The van der Waals surface area contributed by atoms with Gasteiger partial charge in [-0.3, -0.25) is 0 Å². The van der Waals surface area contributed by atoms with Crippen molar-refractivity contribution in [3.8, 4) is 0 Å². The fourth-order valence-corrected chi connectivity index (χ4v) is 3.61. The molecule has 0 spiro atoms. The topological polar surface area (TPSA) is 67.4 Å². The minimum Gasteiger partial charge on any atom is -0.380 e. The molecule has 5 nitrogen and oxygen atoms in total. The van der Waals surface area contributed by atoms with Gasteiger partial charge < -0.3 is 10.1 Å². The quantitative estimate of drug-likeness (QED) is 0.756. The van der Waals surface area contributed by atoms with Gasteiger partial charge >= 0.3 is 0 Å². The van der Waals surface area contributed by atoms with Gasteiger partial charge in [0.2, 0.25) is 10.0 Å². The number of ether oxygens (including phenoxy) is 1. The molecule has 6 heteroatoms. The molecule has 1 aliphatic carbocycles. The molecule has 1 rings (SSSR count). The van der Waals surface area contributed by atoms with Crippen LogP contribution in [0.15, 0.2) is 0 Å². The summed E-state index contributed by atoms with van der Waals surface area (Å²) in [5, 5.41) is 3.43. The van der Waals surface area contributed by atoms with Gasteiger partial charge in [0.25, 0.3) is 0 Å². The third kappa shape index (κ3) is 5.65. The lowest BCUT2D eigenvalue weighted by molar-refractivity contribution is 0.0402. The van der Waals surface area contributed by atoms with E-state index in [1.807, 2.05) is 13.8 Å². The number of hydrogen-bond acceptors (Lipinski definition) is 4. The van der Waals surface area contributed by atoms with Gasteiger partial charge in [0.15, 0.2) is 0 Å². The molecule has 1 aliphatic rings. The molecular formula is C12H26N2O3S. The first kappa shape index (κ1) is 15.9. The predicted octanol–water partition coefficient (Wildman–Crippen LogP) is 0.861. The van der Waals surface area contributed by atoms with E-state index < -0.39 is 15.6 Å². The third-order valence-electron chi connectivity index (χ3n) is 3.27. The average molecular weight is 278 g/mol. The van der Waals surface area contributed by atoms with Crippen LogP contribution in [0.1, 0.15) is 39.5 Å². The predicted molar refractivity (Wildman–Crippen MR) is 73.1 cm³/mol. The van der Waals surface area contributed by atoms with Crippen molar-refractivity contribution in [1.82, 2.24) is 10.0 Å². The van der Waals surface area contributed by atoms with Crippen molar-refractivity contribution in [3.63, 3.8) is 0 Å². The van der Waals surface area contributed by atoms with Gasteiger partial charge in [-0.15, -0.1) is 0 Å². The average Bonchev–Trinajstić information content (AvgIpc) is 2.23. The molecular weight excluding hydrogens is 252 g/mol. The summed E-state index contributed by atoms with van der Waals surface area (Å²) >= 11 is 0. The van der Waals surface area contributed by atoms with E-state index >= 15 is 0 Å². The molecule has 0 aromatic heterocycles. The molecule has 18 heavy (non-hydrogen) atoms. The van der Waals surface area contributed by atoms with Crippen LogP contribution in [0.5, 0.6) is 0 Å². The maximum absolute atomic E-state index is 11.3. The van der Waals surface area contributed by atoms with Crippen molar-refractivity contribution < 1.29 is 13.2 Å². The molecule has 2 N–H and O–H groups in total. The van der Waals surface area contributed by atoms with Crippen molar-refractivity contribution in [2.75, 3.05) is 19.9 Å². The number of rotatable bonds is 6. The number of methoxy groups -OCH3 is 1. The summed E-state index contributed by atoms with van der Waals surface area (Å²) in [6, 6.07) is 0.324. The van der Waals surface area contributed by atoms with Crippen LogP contribution < -0.4 is 10.0 Å². The number of nitrogens with one attached hydrogen (secondary N) is 2. The molecule has 108 valence electrons. The molecule has 0 radical (unpaired) electrons. The zero-order chi connectivity index (χ0) is 13.8. The molecule has 2 atom stereocenters. The number of hydrogen-bond donors (Lipinski definition) is 2. The Morgan fingerprint density at radius 1 is 1.28 bits per heavy atom. The summed E-state index contributed by atoms with van der Waals surface area (Å²) in [5.41, 5.74) is -0.483. The SMILES string of the molecule is COC1CCCCC1NCC(C)(C)NS(C)(=O)=O. The Hall–Kier alpha value is -0.170. The van der Waals surface area contributed by atoms with E-state index in [0.29, 0.717) is 12.6 Å². The maximum atomic E-state index is 11.3. The Labute approximate surface area is 111 Å². The van der Waals surface area contributed by atoms with E-state index in [2.05, 4.69) is 10.0 Å². The van der Waals surface area contributed by atoms with Crippen LogP contribution in [-0.4, -0.2) is 46.0 Å². The molecule has 0 bridgehead atoms. The third-order valence-corrected chi connectivity index (χ3v) is 4.20. The van der Waals surface area contributed by atoms with Crippen LogP contribution in [0.3, 0.4) is 0 Å². The van der Waals surface area contributed by atoms with E-state index in [1.54, 1.807) is 7.11 Å². The highest BCUT2D eigenvalue weighted by Crippen LogP contribution is 2.21. The Bertz CT molecular complexity index is 354. The molecule has 0 aromatic rings.